The lowest BCUT2D eigenvalue weighted by molar-refractivity contribution is 0.336. The van der Waals surface area contributed by atoms with Crippen molar-refractivity contribution >= 4 is 11.6 Å². The summed E-state index contributed by atoms with van der Waals surface area (Å²) in [5.41, 5.74) is 0.559. The summed E-state index contributed by atoms with van der Waals surface area (Å²) >= 11 is 5.38. The molecule has 0 atom stereocenters. The zero-order chi connectivity index (χ0) is 9.84. The Bertz CT molecular complexity index is 302. The van der Waals surface area contributed by atoms with E-state index in [9.17, 15) is 8.78 Å². The van der Waals surface area contributed by atoms with Crippen LogP contribution in [0.3, 0.4) is 0 Å². The second kappa shape index (κ2) is 4.42. The van der Waals surface area contributed by atoms with Crippen molar-refractivity contribution in [3.63, 3.8) is 0 Å². The molecule has 0 unspecified atom stereocenters. The highest BCUT2D eigenvalue weighted by Gasteiger charge is 2.07. The van der Waals surface area contributed by atoms with Crippen molar-refractivity contribution in [1.29, 1.82) is 0 Å². The molecule has 0 aliphatic carbocycles. The molecule has 0 spiro atoms. The first-order chi connectivity index (χ1) is 6.15. The number of ether oxygens (including phenoxy) is 1. The number of halogens is 3. The predicted octanol–water partition coefficient (Wildman–Crippen LogP) is 2.89. The van der Waals surface area contributed by atoms with Crippen molar-refractivity contribution in [2.45, 2.75) is 6.92 Å². The quantitative estimate of drug-likeness (QED) is 0.691. The van der Waals surface area contributed by atoms with Crippen LogP contribution < -0.4 is 4.74 Å². The largest absolute Gasteiger partial charge is 0.492 e. The molecule has 1 aromatic rings. The van der Waals surface area contributed by atoms with E-state index in [4.69, 9.17) is 16.3 Å². The van der Waals surface area contributed by atoms with Crippen molar-refractivity contribution in [1.82, 2.24) is 0 Å². The van der Waals surface area contributed by atoms with Gasteiger partial charge in [0.2, 0.25) is 0 Å². The Kier molecular flexibility index (Phi) is 3.48. The number of aryl methyl sites for hydroxylation is 1. The molecule has 0 aliphatic heterocycles. The van der Waals surface area contributed by atoms with Crippen LogP contribution in [0.1, 0.15) is 5.56 Å². The van der Waals surface area contributed by atoms with Gasteiger partial charge in [-0.2, -0.15) is 0 Å². The molecule has 1 nitrogen and oxygen atoms in total. The van der Waals surface area contributed by atoms with Gasteiger partial charge in [-0.3, -0.25) is 0 Å². The number of hydrogen-bond donors (Lipinski definition) is 0. The van der Waals surface area contributed by atoms with Gasteiger partial charge >= 0.3 is 0 Å². The highest BCUT2D eigenvalue weighted by atomic mass is 35.5. The molecule has 0 aromatic heterocycles. The molecule has 0 radical (unpaired) electrons. The van der Waals surface area contributed by atoms with E-state index >= 15 is 0 Å². The summed E-state index contributed by atoms with van der Waals surface area (Å²) in [5.74, 6) is -1.12. The van der Waals surface area contributed by atoms with Crippen LogP contribution in [0.2, 0.25) is 0 Å². The molecular weight excluding hydrogens is 198 g/mol. The van der Waals surface area contributed by atoms with E-state index in [2.05, 4.69) is 0 Å². The van der Waals surface area contributed by atoms with Gasteiger partial charge in [-0.1, -0.05) is 0 Å². The SMILES string of the molecule is Cc1cc(F)c(F)cc1OCCCl. The molecule has 0 fully saturated rings. The monoisotopic (exact) mass is 206 g/mol. The van der Waals surface area contributed by atoms with E-state index in [1.807, 2.05) is 0 Å². The molecule has 13 heavy (non-hydrogen) atoms. The first-order valence-corrected chi connectivity index (χ1v) is 4.33. The minimum Gasteiger partial charge on any atom is -0.492 e. The van der Waals surface area contributed by atoms with Crippen LogP contribution >= 0.6 is 11.6 Å². The zero-order valence-corrected chi connectivity index (χ0v) is 7.87. The van der Waals surface area contributed by atoms with Gasteiger partial charge in [0.15, 0.2) is 11.6 Å². The fourth-order valence-corrected chi connectivity index (χ4v) is 1.01. The first kappa shape index (κ1) is 10.3. The summed E-state index contributed by atoms with van der Waals surface area (Å²) in [6, 6.07) is 2.12. The van der Waals surface area contributed by atoms with Crippen molar-refractivity contribution in [3.8, 4) is 5.75 Å². The van der Waals surface area contributed by atoms with Crippen LogP contribution in [0.25, 0.3) is 0 Å². The molecule has 0 N–H and O–H groups in total. The Labute approximate surface area is 80.3 Å². The average molecular weight is 207 g/mol. The van der Waals surface area contributed by atoms with E-state index in [1.54, 1.807) is 6.92 Å². The van der Waals surface area contributed by atoms with Gasteiger partial charge < -0.3 is 4.74 Å². The maximum atomic E-state index is 12.7. The van der Waals surface area contributed by atoms with Crippen LogP contribution in [-0.2, 0) is 0 Å². The van der Waals surface area contributed by atoms with Crippen molar-refractivity contribution < 1.29 is 13.5 Å². The number of hydrogen-bond acceptors (Lipinski definition) is 1. The Morgan fingerprint density at radius 2 is 1.92 bits per heavy atom. The third-order valence-electron chi connectivity index (χ3n) is 1.55. The number of rotatable bonds is 3. The highest BCUT2D eigenvalue weighted by molar-refractivity contribution is 6.18. The predicted molar refractivity (Wildman–Crippen MR) is 47.3 cm³/mol. The van der Waals surface area contributed by atoms with Gasteiger partial charge in [-0.05, 0) is 18.6 Å². The molecule has 0 bridgehead atoms. The Morgan fingerprint density at radius 3 is 2.54 bits per heavy atom. The molecule has 0 aliphatic rings. The third kappa shape index (κ3) is 2.56. The first-order valence-electron chi connectivity index (χ1n) is 3.79. The molecular formula is C9H9ClF2O. The molecule has 1 rings (SSSR count). The second-order valence-corrected chi connectivity index (χ2v) is 2.95. The summed E-state index contributed by atoms with van der Waals surface area (Å²) in [6.07, 6.45) is 0. The fourth-order valence-electron chi connectivity index (χ4n) is 0.932. The molecule has 72 valence electrons. The third-order valence-corrected chi connectivity index (χ3v) is 1.71. The van der Waals surface area contributed by atoms with Gasteiger partial charge in [0, 0.05) is 6.07 Å². The number of benzene rings is 1. The lowest BCUT2D eigenvalue weighted by atomic mass is 10.2. The molecule has 0 saturated heterocycles. The van der Waals surface area contributed by atoms with E-state index in [0.717, 1.165) is 12.1 Å². The maximum absolute atomic E-state index is 12.7. The Balaban J connectivity index is 2.88. The maximum Gasteiger partial charge on any atom is 0.162 e. The second-order valence-electron chi connectivity index (χ2n) is 2.57. The Hall–Kier alpha value is -0.830. The van der Waals surface area contributed by atoms with Gasteiger partial charge in [-0.25, -0.2) is 8.78 Å². The highest BCUT2D eigenvalue weighted by Crippen LogP contribution is 2.21. The lowest BCUT2D eigenvalue weighted by Crippen LogP contribution is -2.01. The smallest absolute Gasteiger partial charge is 0.162 e. The van der Waals surface area contributed by atoms with Gasteiger partial charge in [-0.15, -0.1) is 11.6 Å². The lowest BCUT2D eigenvalue weighted by Gasteiger charge is -2.07. The van der Waals surface area contributed by atoms with Gasteiger partial charge in [0.25, 0.3) is 0 Å². The van der Waals surface area contributed by atoms with Crippen LogP contribution in [-0.4, -0.2) is 12.5 Å². The van der Waals surface area contributed by atoms with Gasteiger partial charge in [0.05, 0.1) is 5.88 Å². The minimum atomic E-state index is -0.907. The van der Waals surface area contributed by atoms with E-state index < -0.39 is 11.6 Å². The summed E-state index contributed by atoms with van der Waals surface area (Å²) < 4.78 is 30.4. The van der Waals surface area contributed by atoms with E-state index in [-0.39, 0.29) is 6.61 Å². The summed E-state index contributed by atoms with van der Waals surface area (Å²) in [7, 11) is 0. The fraction of sp³-hybridized carbons (Fsp3) is 0.333. The van der Waals surface area contributed by atoms with Crippen LogP contribution in [0.5, 0.6) is 5.75 Å². The normalized spacial score (nSPS) is 10.2. The van der Waals surface area contributed by atoms with E-state index in [1.165, 1.54) is 0 Å². The average Bonchev–Trinajstić information content (AvgIpc) is 2.09. The standard InChI is InChI=1S/C9H9ClF2O/c1-6-4-7(11)8(12)5-9(6)13-3-2-10/h4-5H,2-3H2,1H3. The van der Waals surface area contributed by atoms with Crippen LogP contribution in [0, 0.1) is 18.6 Å². The van der Waals surface area contributed by atoms with E-state index in [0.29, 0.717) is 17.2 Å². The van der Waals surface area contributed by atoms with Crippen LogP contribution in [0.15, 0.2) is 12.1 Å². The topological polar surface area (TPSA) is 9.23 Å². The summed E-state index contributed by atoms with van der Waals surface area (Å²) in [4.78, 5) is 0. The van der Waals surface area contributed by atoms with Crippen molar-refractivity contribution in [2.24, 2.45) is 0 Å². The van der Waals surface area contributed by atoms with Crippen LogP contribution in [0.4, 0.5) is 8.78 Å². The molecule has 4 heteroatoms. The summed E-state index contributed by atoms with van der Waals surface area (Å²) in [5, 5.41) is 0. The van der Waals surface area contributed by atoms with Crippen molar-refractivity contribution in [3.05, 3.63) is 29.3 Å². The minimum absolute atomic E-state index is 0.285. The van der Waals surface area contributed by atoms with Crippen molar-refractivity contribution in [2.75, 3.05) is 12.5 Å². The Morgan fingerprint density at radius 1 is 1.31 bits per heavy atom. The van der Waals surface area contributed by atoms with Gasteiger partial charge in [0.1, 0.15) is 12.4 Å². The molecule has 0 heterocycles. The molecule has 0 amide bonds. The molecule has 0 saturated carbocycles. The number of alkyl halides is 1. The summed E-state index contributed by atoms with van der Waals surface area (Å²) in [6.45, 7) is 1.93. The molecule has 1 aromatic carbocycles. The zero-order valence-electron chi connectivity index (χ0n) is 7.11.